The molecule has 0 unspecified atom stereocenters. The Kier molecular flexibility index (Phi) is 8.60. The monoisotopic (exact) mass is 449 g/mol. The topological polar surface area (TPSA) is 130 Å². The minimum atomic E-state index is -1.26. The molecule has 0 aliphatic carbocycles. The van der Waals surface area contributed by atoms with Gasteiger partial charge in [0.15, 0.2) is 24.6 Å². The van der Waals surface area contributed by atoms with Gasteiger partial charge >= 0.3 is 18.0 Å². The number of amides is 1. The van der Waals surface area contributed by atoms with Crippen LogP contribution in [0.5, 0.6) is 0 Å². The number of aliphatic hydroxyl groups is 1. The smallest absolute Gasteiger partial charge is 0.412 e. The number of para-hydroxylation sites is 1. The lowest BCUT2D eigenvalue weighted by Crippen LogP contribution is -2.62. The highest BCUT2D eigenvalue weighted by molar-refractivity contribution is 5.84. The van der Waals surface area contributed by atoms with Gasteiger partial charge in [-0.2, -0.15) is 0 Å². The SMILES string of the molecule is CO[C@H]1O[C@H](CO)[C@@H]2OC(=O)CCC=CCCC(=O)O[C@@H]2[C@H]1OC(=O)Nc1ccccc1. The molecule has 0 saturated carbocycles. The number of nitrogens with one attached hydrogen (secondary N) is 1. The molecule has 0 spiro atoms. The number of hydrogen-bond donors (Lipinski definition) is 2. The van der Waals surface area contributed by atoms with Crippen molar-refractivity contribution in [2.24, 2.45) is 0 Å². The molecule has 5 atom stereocenters. The fourth-order valence-electron chi connectivity index (χ4n) is 3.47. The van der Waals surface area contributed by atoms with E-state index in [-0.39, 0.29) is 12.8 Å². The molecule has 0 aromatic heterocycles. The Labute approximate surface area is 185 Å². The van der Waals surface area contributed by atoms with Crippen molar-refractivity contribution in [2.45, 2.75) is 56.4 Å². The maximum atomic E-state index is 12.5. The van der Waals surface area contributed by atoms with Crippen LogP contribution in [0.1, 0.15) is 25.7 Å². The third-order valence-corrected chi connectivity index (χ3v) is 5.00. The van der Waals surface area contributed by atoms with E-state index in [1.54, 1.807) is 42.5 Å². The summed E-state index contributed by atoms with van der Waals surface area (Å²) in [5.41, 5.74) is 0.488. The molecule has 2 aliphatic heterocycles. The molecular weight excluding hydrogens is 422 g/mol. The molecule has 10 heteroatoms. The van der Waals surface area contributed by atoms with Gasteiger partial charge in [0.1, 0.15) is 6.10 Å². The first-order chi connectivity index (χ1) is 15.5. The Morgan fingerprint density at radius 2 is 1.69 bits per heavy atom. The number of carbonyl (C=O) groups is 3. The van der Waals surface area contributed by atoms with Crippen LogP contribution < -0.4 is 5.32 Å². The Balaban J connectivity index is 1.86. The van der Waals surface area contributed by atoms with Gasteiger partial charge in [0, 0.05) is 25.6 Å². The summed E-state index contributed by atoms with van der Waals surface area (Å²) in [6.45, 7) is -0.533. The van der Waals surface area contributed by atoms with Gasteiger partial charge in [0.2, 0.25) is 0 Å². The summed E-state index contributed by atoms with van der Waals surface area (Å²) in [5.74, 6) is -1.14. The Morgan fingerprint density at radius 1 is 1.06 bits per heavy atom. The van der Waals surface area contributed by atoms with E-state index < -0.39 is 55.3 Å². The predicted molar refractivity (Wildman–Crippen MR) is 110 cm³/mol. The van der Waals surface area contributed by atoms with Gasteiger partial charge in [-0.1, -0.05) is 30.4 Å². The number of benzene rings is 1. The largest absolute Gasteiger partial charge is 0.455 e. The average molecular weight is 449 g/mol. The van der Waals surface area contributed by atoms with E-state index in [9.17, 15) is 19.5 Å². The second-order valence-corrected chi connectivity index (χ2v) is 7.28. The standard InChI is InChI=1S/C22H27NO9/c1-28-21-20(32-22(27)23-14-9-5-4-6-10-14)19-18(15(13-24)29-21)30-16(25)11-7-2-3-8-12-17(26)31-19/h2-6,9-10,15,18-21,24H,7-8,11-13H2,1H3,(H,23,27)/t15-,18+,19+,20-,21+/m1/s1. The predicted octanol–water partition coefficient (Wildman–Crippen LogP) is 1.92. The number of rotatable bonds is 4. The fraction of sp³-hybridized carbons (Fsp3) is 0.500. The van der Waals surface area contributed by atoms with Crippen molar-refractivity contribution in [1.29, 1.82) is 0 Å². The highest BCUT2D eigenvalue weighted by atomic mass is 16.7. The summed E-state index contributed by atoms with van der Waals surface area (Å²) in [5, 5.41) is 12.4. The zero-order chi connectivity index (χ0) is 22.9. The summed E-state index contributed by atoms with van der Waals surface area (Å²) in [6.07, 6.45) is -2.13. The van der Waals surface area contributed by atoms with E-state index in [2.05, 4.69) is 5.32 Å². The van der Waals surface area contributed by atoms with Crippen LogP contribution >= 0.6 is 0 Å². The Hall–Kier alpha value is -2.95. The number of aliphatic hydroxyl groups excluding tert-OH is 1. The third-order valence-electron chi connectivity index (χ3n) is 5.00. The van der Waals surface area contributed by atoms with Gasteiger partial charge in [-0.3, -0.25) is 14.9 Å². The molecule has 1 aromatic rings. The number of carbonyl (C=O) groups excluding carboxylic acids is 3. The summed E-state index contributed by atoms with van der Waals surface area (Å²) in [4.78, 5) is 37.3. The highest BCUT2D eigenvalue weighted by Gasteiger charge is 2.52. The van der Waals surface area contributed by atoms with Crippen LogP contribution in [0.4, 0.5) is 10.5 Å². The van der Waals surface area contributed by atoms with E-state index in [0.29, 0.717) is 18.5 Å². The van der Waals surface area contributed by atoms with E-state index in [1.165, 1.54) is 7.11 Å². The second-order valence-electron chi connectivity index (χ2n) is 7.28. The summed E-state index contributed by atoms with van der Waals surface area (Å²) < 4.78 is 27.5. The molecule has 1 saturated heterocycles. The summed E-state index contributed by atoms with van der Waals surface area (Å²) in [6, 6.07) is 8.61. The van der Waals surface area contributed by atoms with Gasteiger partial charge < -0.3 is 28.8 Å². The van der Waals surface area contributed by atoms with Gasteiger partial charge in [-0.15, -0.1) is 0 Å². The van der Waals surface area contributed by atoms with Crippen molar-refractivity contribution in [3.05, 3.63) is 42.5 Å². The lowest BCUT2D eigenvalue weighted by Gasteiger charge is -2.43. The van der Waals surface area contributed by atoms with Crippen molar-refractivity contribution in [3.63, 3.8) is 0 Å². The first-order valence-corrected chi connectivity index (χ1v) is 10.4. The van der Waals surface area contributed by atoms with Gasteiger partial charge in [0.25, 0.3) is 0 Å². The van der Waals surface area contributed by atoms with E-state index in [0.717, 1.165) is 0 Å². The normalized spacial score (nSPS) is 28.9. The molecule has 32 heavy (non-hydrogen) atoms. The van der Waals surface area contributed by atoms with Crippen LogP contribution in [-0.4, -0.2) is 67.6 Å². The zero-order valence-electron chi connectivity index (χ0n) is 17.7. The molecule has 1 amide bonds. The Bertz CT molecular complexity index is 813. The minimum Gasteiger partial charge on any atom is -0.455 e. The van der Waals surface area contributed by atoms with Crippen LogP contribution in [0, 0.1) is 0 Å². The first-order valence-electron chi connectivity index (χ1n) is 10.4. The van der Waals surface area contributed by atoms with Crippen LogP contribution in [0.3, 0.4) is 0 Å². The molecule has 0 bridgehead atoms. The maximum Gasteiger partial charge on any atom is 0.412 e. The molecule has 174 valence electrons. The van der Waals surface area contributed by atoms with Crippen molar-refractivity contribution in [2.75, 3.05) is 19.0 Å². The van der Waals surface area contributed by atoms with Crippen molar-refractivity contribution in [3.8, 4) is 0 Å². The number of allylic oxidation sites excluding steroid dienone is 2. The molecule has 0 radical (unpaired) electrons. The first kappa shape index (κ1) is 23.7. The number of fused-ring (bicyclic) bond motifs is 1. The number of esters is 2. The third kappa shape index (κ3) is 6.28. The molecule has 1 fully saturated rings. The fourth-order valence-corrected chi connectivity index (χ4v) is 3.47. The van der Waals surface area contributed by atoms with Gasteiger partial charge in [-0.05, 0) is 25.0 Å². The van der Waals surface area contributed by atoms with E-state index in [1.807, 2.05) is 0 Å². The van der Waals surface area contributed by atoms with Crippen molar-refractivity contribution >= 4 is 23.7 Å². The number of ether oxygens (including phenoxy) is 5. The lowest BCUT2D eigenvalue weighted by molar-refractivity contribution is -0.298. The van der Waals surface area contributed by atoms with E-state index in [4.69, 9.17) is 23.7 Å². The number of methoxy groups -OCH3 is 1. The average Bonchev–Trinajstić information content (AvgIpc) is 2.78. The molecular formula is C22H27NO9. The van der Waals surface area contributed by atoms with Crippen LogP contribution in [0.15, 0.2) is 42.5 Å². The molecule has 1 aromatic carbocycles. The van der Waals surface area contributed by atoms with Crippen molar-refractivity contribution < 1.29 is 43.2 Å². The summed E-state index contributed by atoms with van der Waals surface area (Å²) >= 11 is 0. The molecule has 3 rings (SSSR count). The van der Waals surface area contributed by atoms with Crippen LogP contribution in [-0.2, 0) is 33.3 Å². The highest BCUT2D eigenvalue weighted by Crippen LogP contribution is 2.30. The van der Waals surface area contributed by atoms with E-state index >= 15 is 0 Å². The van der Waals surface area contributed by atoms with Crippen LogP contribution in [0.25, 0.3) is 0 Å². The molecule has 2 heterocycles. The quantitative estimate of drug-likeness (QED) is 0.402. The second kappa shape index (κ2) is 11.6. The molecule has 10 nitrogen and oxygen atoms in total. The molecule has 2 N–H and O–H groups in total. The molecule has 2 aliphatic rings. The minimum absolute atomic E-state index is 0.0822. The summed E-state index contributed by atoms with van der Waals surface area (Å²) in [7, 11) is 1.32. The Morgan fingerprint density at radius 3 is 2.28 bits per heavy atom. The number of anilines is 1. The van der Waals surface area contributed by atoms with Gasteiger partial charge in [0.05, 0.1) is 6.61 Å². The van der Waals surface area contributed by atoms with Crippen LogP contribution in [0.2, 0.25) is 0 Å². The lowest BCUT2D eigenvalue weighted by atomic mass is 9.98. The maximum absolute atomic E-state index is 12.5. The number of hydrogen-bond acceptors (Lipinski definition) is 9. The zero-order valence-corrected chi connectivity index (χ0v) is 17.7. The van der Waals surface area contributed by atoms with Crippen molar-refractivity contribution in [1.82, 2.24) is 0 Å². The van der Waals surface area contributed by atoms with Gasteiger partial charge in [-0.25, -0.2) is 4.79 Å².